The van der Waals surface area contributed by atoms with Crippen molar-refractivity contribution >= 4 is 23.7 Å². The molecular weight excluding hydrogens is 334 g/mol. The highest BCUT2D eigenvalue weighted by molar-refractivity contribution is 5.90. The Hall–Kier alpha value is -3.26. The second-order valence-corrected chi connectivity index (χ2v) is 5.53. The van der Waals surface area contributed by atoms with Crippen LogP contribution in [0.3, 0.4) is 0 Å². The Balaban J connectivity index is 1.79. The van der Waals surface area contributed by atoms with E-state index >= 15 is 0 Å². The van der Waals surface area contributed by atoms with Gasteiger partial charge in [-0.3, -0.25) is 19.8 Å². The molecule has 0 aliphatic carbocycles. The van der Waals surface area contributed by atoms with E-state index in [-0.39, 0.29) is 5.91 Å². The van der Waals surface area contributed by atoms with E-state index in [2.05, 4.69) is 20.6 Å². The highest BCUT2D eigenvalue weighted by Crippen LogP contribution is 2.05. The van der Waals surface area contributed by atoms with Crippen molar-refractivity contribution in [2.45, 2.75) is 19.4 Å². The van der Waals surface area contributed by atoms with Crippen molar-refractivity contribution in [2.24, 2.45) is 0 Å². The molecule has 0 saturated carbocycles. The van der Waals surface area contributed by atoms with E-state index in [1.165, 1.54) is 23.9 Å². The lowest BCUT2D eigenvalue weighted by Crippen LogP contribution is -2.38. The van der Waals surface area contributed by atoms with E-state index < -0.39 is 11.9 Å². The number of rotatable bonds is 8. The van der Waals surface area contributed by atoms with E-state index in [0.29, 0.717) is 18.1 Å². The third-order valence-corrected chi connectivity index (χ3v) is 3.50. The molecule has 26 heavy (non-hydrogen) atoms. The fourth-order valence-corrected chi connectivity index (χ4v) is 2.11. The van der Waals surface area contributed by atoms with Gasteiger partial charge in [0.25, 0.3) is 5.91 Å². The maximum atomic E-state index is 12.1. The molecule has 1 aromatic carbocycles. The van der Waals surface area contributed by atoms with Crippen molar-refractivity contribution in [3.63, 3.8) is 0 Å². The van der Waals surface area contributed by atoms with Crippen molar-refractivity contribution in [1.29, 1.82) is 0 Å². The molecule has 1 aromatic heterocycles. The molecule has 0 fully saturated rings. The first-order valence-corrected chi connectivity index (χ1v) is 8.11. The lowest BCUT2D eigenvalue weighted by atomic mass is 10.1. The largest absolute Gasteiger partial charge is 0.357 e. The molecule has 8 heteroatoms. The molecule has 0 unspecified atom stereocenters. The van der Waals surface area contributed by atoms with Crippen LogP contribution in [0.15, 0.2) is 48.8 Å². The monoisotopic (exact) mass is 355 g/mol. The van der Waals surface area contributed by atoms with Crippen LogP contribution >= 0.6 is 0 Å². The van der Waals surface area contributed by atoms with Gasteiger partial charge in [-0.25, -0.2) is 10.5 Å². The molecule has 0 radical (unpaired) electrons. The Kier molecular flexibility index (Phi) is 7.26. The van der Waals surface area contributed by atoms with E-state index in [0.717, 1.165) is 18.1 Å². The van der Waals surface area contributed by atoms with Gasteiger partial charge in [0.05, 0.1) is 18.1 Å². The number of carbonyl (C=O) groups excluding carboxylic acids is 2. The summed E-state index contributed by atoms with van der Waals surface area (Å²) in [6.07, 6.45) is 6.21. The van der Waals surface area contributed by atoms with Gasteiger partial charge >= 0.3 is 0 Å². The van der Waals surface area contributed by atoms with Crippen molar-refractivity contribution in [1.82, 2.24) is 20.8 Å². The third-order valence-electron chi connectivity index (χ3n) is 3.50. The summed E-state index contributed by atoms with van der Waals surface area (Å²) in [5.41, 5.74) is 3.09. The van der Waals surface area contributed by atoms with Gasteiger partial charge in [-0.1, -0.05) is 30.3 Å². The Morgan fingerprint density at radius 3 is 2.62 bits per heavy atom. The van der Waals surface area contributed by atoms with Crippen LogP contribution in [-0.4, -0.2) is 39.6 Å². The maximum absolute atomic E-state index is 12.1. The zero-order valence-electron chi connectivity index (χ0n) is 14.3. The fourth-order valence-electron chi connectivity index (χ4n) is 2.11. The number of anilines is 1. The van der Waals surface area contributed by atoms with E-state index in [9.17, 15) is 9.59 Å². The molecule has 0 aliphatic heterocycles. The number of aromatic nitrogens is 2. The molecule has 0 bridgehead atoms. The van der Waals surface area contributed by atoms with Crippen LogP contribution in [0.5, 0.6) is 0 Å². The van der Waals surface area contributed by atoms with Gasteiger partial charge in [-0.05, 0) is 25.0 Å². The predicted octanol–water partition coefficient (Wildman–Crippen LogP) is 1.15. The second-order valence-electron chi connectivity index (χ2n) is 5.53. The topological polar surface area (TPSA) is 116 Å². The smallest absolute Gasteiger partial charge is 0.267 e. The van der Waals surface area contributed by atoms with Crippen LogP contribution in [0.25, 0.3) is 6.08 Å². The van der Waals surface area contributed by atoms with Gasteiger partial charge in [0.1, 0.15) is 11.9 Å². The van der Waals surface area contributed by atoms with Crippen LogP contribution in [0.2, 0.25) is 0 Å². The van der Waals surface area contributed by atoms with E-state index in [1.807, 2.05) is 30.3 Å². The summed E-state index contributed by atoms with van der Waals surface area (Å²) < 4.78 is 0. The number of hydroxylamine groups is 1. The van der Waals surface area contributed by atoms with Crippen LogP contribution in [0, 0.1) is 0 Å². The van der Waals surface area contributed by atoms with Crippen LogP contribution in [-0.2, 0) is 16.0 Å². The SMILES string of the molecule is C[C@@H](Nc1cnc(C=CC(=O)NO)cn1)C(=O)NCCc1ccccc1. The summed E-state index contributed by atoms with van der Waals surface area (Å²) in [7, 11) is 0. The van der Waals surface area contributed by atoms with Crippen LogP contribution in [0.4, 0.5) is 5.82 Å². The van der Waals surface area contributed by atoms with E-state index in [1.54, 1.807) is 6.92 Å². The van der Waals surface area contributed by atoms with Crippen molar-refractivity contribution in [3.8, 4) is 0 Å². The standard InChI is InChI=1S/C18H21N5O3/c1-13(18(25)19-10-9-14-5-3-2-4-6-14)22-16-12-20-15(11-21-16)7-8-17(24)23-26/h2-8,11-13,26H,9-10H2,1H3,(H,19,25)(H,21,22)(H,23,24)/t13-/m1/s1. The van der Waals surface area contributed by atoms with Gasteiger partial charge in [0, 0.05) is 12.6 Å². The molecule has 0 aliphatic rings. The normalized spacial score (nSPS) is 11.8. The molecule has 4 N–H and O–H groups in total. The minimum atomic E-state index is -0.658. The first kappa shape index (κ1) is 19.1. The fraction of sp³-hybridized carbons (Fsp3) is 0.222. The Bertz CT molecular complexity index is 747. The summed E-state index contributed by atoms with van der Waals surface area (Å²) in [5, 5.41) is 14.2. The molecule has 0 saturated heterocycles. The lowest BCUT2D eigenvalue weighted by Gasteiger charge is -2.14. The number of amides is 2. The first-order valence-electron chi connectivity index (χ1n) is 8.11. The molecule has 1 atom stereocenters. The number of hydrogen-bond donors (Lipinski definition) is 4. The highest BCUT2D eigenvalue weighted by atomic mass is 16.5. The van der Waals surface area contributed by atoms with Crippen LogP contribution < -0.4 is 16.1 Å². The molecule has 136 valence electrons. The van der Waals surface area contributed by atoms with Gasteiger partial charge in [-0.2, -0.15) is 0 Å². The summed E-state index contributed by atoms with van der Waals surface area (Å²) >= 11 is 0. The van der Waals surface area contributed by atoms with Gasteiger partial charge in [0.2, 0.25) is 5.91 Å². The number of carbonyl (C=O) groups is 2. The average Bonchev–Trinajstić information content (AvgIpc) is 2.67. The van der Waals surface area contributed by atoms with Crippen molar-refractivity contribution < 1.29 is 14.8 Å². The number of nitrogens with zero attached hydrogens (tertiary/aromatic N) is 2. The number of benzene rings is 1. The molecule has 1 heterocycles. The van der Waals surface area contributed by atoms with Gasteiger partial charge in [0.15, 0.2) is 0 Å². The summed E-state index contributed by atoms with van der Waals surface area (Å²) in [4.78, 5) is 31.2. The van der Waals surface area contributed by atoms with Crippen molar-refractivity contribution in [2.75, 3.05) is 11.9 Å². The third kappa shape index (κ3) is 6.33. The average molecular weight is 355 g/mol. The Morgan fingerprint density at radius 1 is 1.19 bits per heavy atom. The summed E-state index contributed by atoms with van der Waals surface area (Å²) in [6, 6.07) is 9.45. The molecule has 2 rings (SSSR count). The molecule has 8 nitrogen and oxygen atoms in total. The maximum Gasteiger partial charge on any atom is 0.267 e. The highest BCUT2D eigenvalue weighted by Gasteiger charge is 2.12. The second kappa shape index (κ2) is 9.90. The van der Waals surface area contributed by atoms with E-state index in [4.69, 9.17) is 5.21 Å². The molecular formula is C18H21N5O3. The first-order chi connectivity index (χ1) is 12.6. The minimum absolute atomic E-state index is 0.133. The van der Waals surface area contributed by atoms with Crippen molar-refractivity contribution in [3.05, 3.63) is 60.1 Å². The van der Waals surface area contributed by atoms with Crippen LogP contribution in [0.1, 0.15) is 18.2 Å². The molecule has 2 amide bonds. The molecule has 0 spiro atoms. The van der Waals surface area contributed by atoms with Gasteiger partial charge < -0.3 is 10.6 Å². The Labute approximate surface area is 151 Å². The zero-order chi connectivity index (χ0) is 18.8. The number of nitrogens with one attached hydrogen (secondary N) is 3. The summed E-state index contributed by atoms with van der Waals surface area (Å²) in [5.74, 6) is -0.347. The van der Waals surface area contributed by atoms with Gasteiger partial charge in [-0.15, -0.1) is 0 Å². The minimum Gasteiger partial charge on any atom is -0.357 e. The summed E-state index contributed by atoms with van der Waals surface area (Å²) in [6.45, 7) is 2.29. The predicted molar refractivity (Wildman–Crippen MR) is 97.2 cm³/mol. The zero-order valence-corrected chi connectivity index (χ0v) is 14.3. The quantitative estimate of drug-likeness (QED) is 0.321. The lowest BCUT2D eigenvalue weighted by molar-refractivity contribution is -0.124. The molecule has 2 aromatic rings. The number of hydrogen-bond acceptors (Lipinski definition) is 6. The Morgan fingerprint density at radius 2 is 1.96 bits per heavy atom.